The fourth-order valence-corrected chi connectivity index (χ4v) is 4.71. The lowest BCUT2D eigenvalue weighted by atomic mass is 9.77. The Morgan fingerprint density at radius 1 is 1.14 bits per heavy atom. The molecule has 1 N–H and O–H groups in total. The number of anilines is 1. The first-order valence-electron chi connectivity index (χ1n) is 9.73. The molecule has 2 aromatic rings. The van der Waals surface area contributed by atoms with Crippen LogP contribution in [-0.2, 0) is 14.3 Å². The summed E-state index contributed by atoms with van der Waals surface area (Å²) in [6.45, 7) is 0. The van der Waals surface area contributed by atoms with Gasteiger partial charge in [-0.1, -0.05) is 30.2 Å². The van der Waals surface area contributed by atoms with E-state index in [0.29, 0.717) is 22.0 Å². The van der Waals surface area contributed by atoms with Crippen LogP contribution in [0.25, 0.3) is 0 Å². The molecule has 3 aliphatic rings. The van der Waals surface area contributed by atoms with E-state index in [4.69, 9.17) is 16.3 Å². The largest absolute Gasteiger partial charge is 0.508 e. The Hall–Kier alpha value is -2.86. The zero-order valence-electron chi connectivity index (χ0n) is 15.5. The molecule has 7 heteroatoms. The van der Waals surface area contributed by atoms with E-state index in [1.807, 2.05) is 0 Å². The molecule has 0 saturated heterocycles. The van der Waals surface area contributed by atoms with E-state index < -0.39 is 6.04 Å². The van der Waals surface area contributed by atoms with Crippen LogP contribution in [0, 0.1) is 5.92 Å². The van der Waals surface area contributed by atoms with Gasteiger partial charge in [0.05, 0.1) is 22.6 Å². The number of Topliss-reactive ketones (excluding diaryl/α,β-unsaturated/α-hetero) is 1. The number of carbonyl (C=O) groups excluding carboxylic acids is 2. The number of fused-ring (bicyclic) bond motifs is 1. The maximum Gasteiger partial charge on any atom is 0.295 e. The summed E-state index contributed by atoms with van der Waals surface area (Å²) in [5.74, 6) is -0.0969. The van der Waals surface area contributed by atoms with Crippen LogP contribution in [0.2, 0.25) is 5.02 Å². The summed E-state index contributed by atoms with van der Waals surface area (Å²) >= 11 is 5.97. The highest BCUT2D eigenvalue weighted by Gasteiger charge is 2.52. The standard InChI is InChI=1S/C22H19ClN2O4/c23-13-8-9-17(24-11-13)25-19(12-4-3-5-14(26)10-12)18-20(27)15-6-1-2-7-16(15)29-21(18)22(25)28/h3-5,8-11,15-16,19,26H,1-2,6-7H2. The number of aromatic hydroxyl groups is 1. The first kappa shape index (κ1) is 18.2. The zero-order valence-corrected chi connectivity index (χ0v) is 16.3. The van der Waals surface area contributed by atoms with Gasteiger partial charge >= 0.3 is 0 Å². The molecule has 2 aliphatic heterocycles. The first-order valence-corrected chi connectivity index (χ1v) is 10.1. The quantitative estimate of drug-likeness (QED) is 0.811. The normalized spacial score (nSPS) is 26.2. The number of benzene rings is 1. The summed E-state index contributed by atoms with van der Waals surface area (Å²) in [7, 11) is 0. The monoisotopic (exact) mass is 410 g/mol. The number of phenolic OH excluding ortho intramolecular Hbond substituents is 1. The van der Waals surface area contributed by atoms with Crippen molar-refractivity contribution in [1.82, 2.24) is 4.98 Å². The molecule has 1 aromatic heterocycles. The minimum absolute atomic E-state index is 0.0332. The highest BCUT2D eigenvalue weighted by atomic mass is 35.5. The van der Waals surface area contributed by atoms with Crippen molar-refractivity contribution in [1.29, 1.82) is 0 Å². The number of phenols is 1. The lowest BCUT2D eigenvalue weighted by molar-refractivity contribution is -0.131. The number of amides is 1. The SMILES string of the molecule is O=C1C2=C(OC3CCCCC13)C(=O)N(c1ccc(Cl)cn1)C2c1cccc(O)c1. The smallest absolute Gasteiger partial charge is 0.295 e. The van der Waals surface area contributed by atoms with Crippen LogP contribution in [0.3, 0.4) is 0 Å². The number of rotatable bonds is 2. The molecule has 29 heavy (non-hydrogen) atoms. The molecular weight excluding hydrogens is 392 g/mol. The zero-order chi connectivity index (χ0) is 20.1. The van der Waals surface area contributed by atoms with E-state index in [1.165, 1.54) is 11.1 Å². The summed E-state index contributed by atoms with van der Waals surface area (Å²) in [5.41, 5.74) is 0.992. The van der Waals surface area contributed by atoms with Crippen LogP contribution in [0.1, 0.15) is 37.3 Å². The molecule has 3 atom stereocenters. The number of ether oxygens (including phenoxy) is 1. The number of hydrogen-bond donors (Lipinski definition) is 1. The third-order valence-electron chi connectivity index (χ3n) is 5.91. The fourth-order valence-electron chi connectivity index (χ4n) is 4.60. The molecular formula is C22H19ClN2O4. The molecule has 148 valence electrons. The van der Waals surface area contributed by atoms with E-state index in [1.54, 1.807) is 36.4 Å². The van der Waals surface area contributed by atoms with Crippen molar-refractivity contribution >= 4 is 29.1 Å². The van der Waals surface area contributed by atoms with Gasteiger partial charge in [-0.3, -0.25) is 14.5 Å². The Kier molecular flexibility index (Phi) is 4.32. The van der Waals surface area contributed by atoms with E-state index >= 15 is 0 Å². The Morgan fingerprint density at radius 3 is 2.72 bits per heavy atom. The number of ketones is 1. The second-order valence-electron chi connectivity index (χ2n) is 7.66. The van der Waals surface area contributed by atoms with E-state index in [-0.39, 0.29) is 35.2 Å². The van der Waals surface area contributed by atoms with Gasteiger partial charge in [0.2, 0.25) is 0 Å². The van der Waals surface area contributed by atoms with Crippen molar-refractivity contribution in [2.24, 2.45) is 5.92 Å². The molecule has 3 heterocycles. The molecule has 1 aromatic carbocycles. The van der Waals surface area contributed by atoms with Gasteiger partial charge in [-0.15, -0.1) is 0 Å². The number of pyridine rings is 1. The third kappa shape index (κ3) is 2.90. The molecule has 1 aliphatic carbocycles. The predicted octanol–water partition coefficient (Wildman–Crippen LogP) is 3.94. The average molecular weight is 411 g/mol. The summed E-state index contributed by atoms with van der Waals surface area (Å²) in [6, 6.07) is 9.19. The number of aromatic nitrogens is 1. The molecule has 1 fully saturated rings. The number of carbonyl (C=O) groups is 2. The topological polar surface area (TPSA) is 79.7 Å². The Bertz CT molecular complexity index is 1030. The predicted molar refractivity (Wildman–Crippen MR) is 106 cm³/mol. The molecule has 5 rings (SSSR count). The van der Waals surface area contributed by atoms with Crippen LogP contribution in [0.5, 0.6) is 5.75 Å². The van der Waals surface area contributed by atoms with Crippen molar-refractivity contribution in [3.8, 4) is 5.75 Å². The Labute approximate surface area is 172 Å². The van der Waals surface area contributed by atoms with Crippen molar-refractivity contribution in [3.63, 3.8) is 0 Å². The van der Waals surface area contributed by atoms with Gasteiger partial charge in [0.25, 0.3) is 5.91 Å². The van der Waals surface area contributed by atoms with Crippen molar-refractivity contribution in [3.05, 3.63) is 64.5 Å². The van der Waals surface area contributed by atoms with Crippen LogP contribution < -0.4 is 4.90 Å². The minimum atomic E-state index is -0.700. The maximum absolute atomic E-state index is 13.5. The van der Waals surface area contributed by atoms with Gasteiger partial charge in [0.15, 0.2) is 11.5 Å². The van der Waals surface area contributed by atoms with Gasteiger partial charge in [-0.25, -0.2) is 4.98 Å². The highest BCUT2D eigenvalue weighted by Crippen LogP contribution is 2.48. The molecule has 1 saturated carbocycles. The third-order valence-corrected chi connectivity index (χ3v) is 6.13. The van der Waals surface area contributed by atoms with Crippen molar-refractivity contribution in [2.75, 3.05) is 4.90 Å². The average Bonchev–Trinajstić information content (AvgIpc) is 3.02. The number of halogens is 1. The molecule has 1 amide bonds. The van der Waals surface area contributed by atoms with Gasteiger partial charge in [-0.2, -0.15) is 0 Å². The molecule has 0 bridgehead atoms. The Morgan fingerprint density at radius 2 is 1.97 bits per heavy atom. The van der Waals surface area contributed by atoms with E-state index in [9.17, 15) is 14.7 Å². The summed E-state index contributed by atoms with van der Waals surface area (Å²) in [4.78, 5) is 32.6. The molecule has 0 spiro atoms. The highest BCUT2D eigenvalue weighted by molar-refractivity contribution is 6.30. The van der Waals surface area contributed by atoms with Crippen LogP contribution >= 0.6 is 11.6 Å². The Balaban J connectivity index is 1.66. The van der Waals surface area contributed by atoms with Gasteiger partial charge in [0, 0.05) is 6.20 Å². The number of nitrogens with zero attached hydrogens (tertiary/aromatic N) is 2. The first-order chi connectivity index (χ1) is 14.0. The van der Waals surface area contributed by atoms with Gasteiger partial charge in [0.1, 0.15) is 17.7 Å². The molecule has 3 unspecified atom stereocenters. The van der Waals surface area contributed by atoms with Crippen molar-refractivity contribution in [2.45, 2.75) is 37.8 Å². The minimum Gasteiger partial charge on any atom is -0.508 e. The molecule has 6 nitrogen and oxygen atoms in total. The van der Waals surface area contributed by atoms with Crippen LogP contribution in [0.4, 0.5) is 5.82 Å². The molecule has 0 radical (unpaired) electrons. The van der Waals surface area contributed by atoms with Gasteiger partial charge < -0.3 is 9.84 Å². The second kappa shape index (κ2) is 6.88. The van der Waals surface area contributed by atoms with Crippen LogP contribution in [0.15, 0.2) is 53.9 Å². The number of hydrogen-bond acceptors (Lipinski definition) is 5. The van der Waals surface area contributed by atoms with Crippen molar-refractivity contribution < 1.29 is 19.4 Å². The van der Waals surface area contributed by atoms with Crippen LogP contribution in [-0.4, -0.2) is 27.9 Å². The summed E-state index contributed by atoms with van der Waals surface area (Å²) in [6.07, 6.45) is 4.72. The van der Waals surface area contributed by atoms with E-state index in [0.717, 1.165) is 25.7 Å². The second-order valence-corrected chi connectivity index (χ2v) is 8.10. The summed E-state index contributed by atoms with van der Waals surface area (Å²) < 4.78 is 6.11. The lowest BCUT2D eigenvalue weighted by Crippen LogP contribution is -2.39. The lowest BCUT2D eigenvalue weighted by Gasteiger charge is -2.35. The summed E-state index contributed by atoms with van der Waals surface area (Å²) in [5, 5.41) is 10.5. The maximum atomic E-state index is 13.5. The fraction of sp³-hybridized carbons (Fsp3) is 0.318. The van der Waals surface area contributed by atoms with E-state index in [2.05, 4.69) is 4.98 Å². The van der Waals surface area contributed by atoms with Gasteiger partial charge in [-0.05, 0) is 49.1 Å².